The maximum atomic E-state index is 10.5. The number of carbonyl (C=O) groups excluding carboxylic acids is 1. The highest BCUT2D eigenvalue weighted by molar-refractivity contribution is 5.76. The van der Waals surface area contributed by atoms with Gasteiger partial charge in [-0.15, -0.1) is 0 Å². The van der Waals surface area contributed by atoms with Gasteiger partial charge in [-0.2, -0.15) is 0 Å². The van der Waals surface area contributed by atoms with Crippen LogP contribution in [0.4, 0.5) is 0 Å². The SMILES string of the molecule is C.CC(=O)CC(C)(C)C.CCCN. The van der Waals surface area contributed by atoms with Gasteiger partial charge >= 0.3 is 0 Å². The van der Waals surface area contributed by atoms with Crippen LogP contribution in [0.5, 0.6) is 0 Å². The van der Waals surface area contributed by atoms with E-state index in [9.17, 15) is 4.79 Å². The van der Waals surface area contributed by atoms with Gasteiger partial charge in [0.15, 0.2) is 0 Å². The van der Waals surface area contributed by atoms with Crippen molar-refractivity contribution in [3.8, 4) is 0 Å². The highest BCUT2D eigenvalue weighted by Crippen LogP contribution is 2.17. The molecule has 2 nitrogen and oxygen atoms in total. The fourth-order valence-corrected chi connectivity index (χ4v) is 0.747. The quantitative estimate of drug-likeness (QED) is 0.725. The second-order valence-electron chi connectivity index (χ2n) is 4.23. The lowest BCUT2D eigenvalue weighted by molar-refractivity contribution is -0.118. The molecular formula is C11H27NO. The van der Waals surface area contributed by atoms with E-state index < -0.39 is 0 Å². The van der Waals surface area contributed by atoms with E-state index in [4.69, 9.17) is 5.73 Å². The van der Waals surface area contributed by atoms with E-state index in [-0.39, 0.29) is 18.6 Å². The van der Waals surface area contributed by atoms with E-state index in [0.717, 1.165) is 13.0 Å². The summed E-state index contributed by atoms with van der Waals surface area (Å²) in [5.41, 5.74) is 5.20. The minimum Gasteiger partial charge on any atom is -0.330 e. The molecule has 0 aromatic heterocycles. The fourth-order valence-electron chi connectivity index (χ4n) is 0.747. The molecule has 0 spiro atoms. The maximum Gasteiger partial charge on any atom is 0.130 e. The zero-order valence-electron chi connectivity index (χ0n) is 9.11. The van der Waals surface area contributed by atoms with Crippen LogP contribution in [-0.4, -0.2) is 12.3 Å². The Labute approximate surface area is 83.9 Å². The van der Waals surface area contributed by atoms with Crippen LogP contribution in [0.15, 0.2) is 0 Å². The second-order valence-corrected chi connectivity index (χ2v) is 4.23. The summed E-state index contributed by atoms with van der Waals surface area (Å²) in [5.74, 6) is 0.275. The molecule has 0 unspecified atom stereocenters. The molecule has 0 aliphatic rings. The molecule has 0 saturated heterocycles. The first-order valence-electron chi connectivity index (χ1n) is 4.53. The summed E-state index contributed by atoms with van der Waals surface area (Å²) < 4.78 is 0. The lowest BCUT2D eigenvalue weighted by Gasteiger charge is -2.14. The van der Waals surface area contributed by atoms with Gasteiger partial charge in [-0.3, -0.25) is 0 Å². The van der Waals surface area contributed by atoms with E-state index in [1.807, 2.05) is 0 Å². The Morgan fingerprint density at radius 3 is 1.62 bits per heavy atom. The Balaban J connectivity index is -0.000000173. The average Bonchev–Trinajstić information content (AvgIpc) is 1.83. The molecule has 0 fully saturated rings. The van der Waals surface area contributed by atoms with Crippen LogP contribution in [0.25, 0.3) is 0 Å². The predicted molar refractivity (Wildman–Crippen MR) is 60.8 cm³/mol. The summed E-state index contributed by atoms with van der Waals surface area (Å²) in [7, 11) is 0. The van der Waals surface area contributed by atoms with Crippen LogP contribution in [0, 0.1) is 5.41 Å². The van der Waals surface area contributed by atoms with Crippen molar-refractivity contribution in [2.45, 2.75) is 54.9 Å². The number of ketones is 1. The number of nitrogens with two attached hydrogens (primary N) is 1. The molecule has 82 valence electrons. The first-order chi connectivity index (χ1) is 5.33. The Kier molecular flexibility index (Phi) is 13.8. The highest BCUT2D eigenvalue weighted by atomic mass is 16.1. The molecule has 2 N–H and O–H groups in total. The zero-order chi connectivity index (χ0) is 10.2. The third-order valence-corrected chi connectivity index (χ3v) is 1.07. The van der Waals surface area contributed by atoms with E-state index in [1.165, 1.54) is 0 Å². The van der Waals surface area contributed by atoms with Gasteiger partial charge < -0.3 is 10.5 Å². The van der Waals surface area contributed by atoms with Crippen molar-refractivity contribution in [3.05, 3.63) is 0 Å². The van der Waals surface area contributed by atoms with Crippen molar-refractivity contribution in [2.24, 2.45) is 11.1 Å². The maximum absolute atomic E-state index is 10.5. The minimum atomic E-state index is 0. The average molecular weight is 189 g/mol. The molecule has 0 aliphatic heterocycles. The molecule has 0 aromatic rings. The number of hydrogen-bond acceptors (Lipinski definition) is 2. The van der Waals surface area contributed by atoms with E-state index in [2.05, 4.69) is 27.7 Å². The molecule has 0 atom stereocenters. The van der Waals surface area contributed by atoms with Crippen molar-refractivity contribution in [3.63, 3.8) is 0 Å². The van der Waals surface area contributed by atoms with Crippen LogP contribution in [-0.2, 0) is 4.79 Å². The predicted octanol–water partition coefficient (Wildman–Crippen LogP) is 3.00. The Hall–Kier alpha value is -0.370. The summed E-state index contributed by atoms with van der Waals surface area (Å²) in [4.78, 5) is 10.5. The third-order valence-electron chi connectivity index (χ3n) is 1.07. The van der Waals surface area contributed by atoms with Crippen LogP contribution >= 0.6 is 0 Å². The van der Waals surface area contributed by atoms with Crippen LogP contribution in [0.3, 0.4) is 0 Å². The molecule has 0 radical (unpaired) electrons. The monoisotopic (exact) mass is 189 g/mol. The standard InChI is InChI=1S/C7H14O.C3H9N.CH4/c1-6(8)5-7(2,3)4;1-2-3-4;/h5H2,1-4H3;2-4H2,1H3;1H4. The molecule has 0 heterocycles. The number of carbonyl (C=O) groups is 1. The van der Waals surface area contributed by atoms with Crippen LogP contribution in [0.1, 0.15) is 54.9 Å². The van der Waals surface area contributed by atoms with E-state index in [0.29, 0.717) is 6.42 Å². The summed E-state index contributed by atoms with van der Waals surface area (Å²) >= 11 is 0. The van der Waals surface area contributed by atoms with Gasteiger partial charge in [-0.05, 0) is 25.3 Å². The fraction of sp³-hybridized carbons (Fsp3) is 0.909. The molecule has 13 heavy (non-hydrogen) atoms. The number of hydrogen-bond donors (Lipinski definition) is 1. The molecule has 0 aromatic carbocycles. The lowest BCUT2D eigenvalue weighted by atomic mass is 9.91. The number of rotatable bonds is 2. The van der Waals surface area contributed by atoms with Crippen molar-refractivity contribution in [2.75, 3.05) is 6.54 Å². The Bertz CT molecular complexity index is 112. The highest BCUT2D eigenvalue weighted by Gasteiger charge is 2.11. The molecule has 0 bridgehead atoms. The van der Waals surface area contributed by atoms with Gasteiger partial charge in [-0.1, -0.05) is 35.1 Å². The van der Waals surface area contributed by atoms with Crippen molar-refractivity contribution in [1.29, 1.82) is 0 Å². The molecule has 0 saturated carbocycles. The summed E-state index contributed by atoms with van der Waals surface area (Å²) in [5, 5.41) is 0. The van der Waals surface area contributed by atoms with Gasteiger partial charge in [-0.25, -0.2) is 0 Å². The minimum absolute atomic E-state index is 0. The van der Waals surface area contributed by atoms with E-state index in [1.54, 1.807) is 6.92 Å². The van der Waals surface area contributed by atoms with Gasteiger partial charge in [0.05, 0.1) is 0 Å². The second kappa shape index (κ2) is 9.72. The summed E-state index contributed by atoms with van der Waals surface area (Å²) in [6.45, 7) is 10.7. The Morgan fingerprint density at radius 2 is 1.62 bits per heavy atom. The Morgan fingerprint density at radius 1 is 1.31 bits per heavy atom. The molecule has 0 rings (SSSR count). The topological polar surface area (TPSA) is 43.1 Å². The first-order valence-corrected chi connectivity index (χ1v) is 4.53. The normalized spacial score (nSPS) is 9.38. The lowest BCUT2D eigenvalue weighted by Crippen LogP contribution is -2.09. The van der Waals surface area contributed by atoms with Crippen LogP contribution < -0.4 is 5.73 Å². The van der Waals surface area contributed by atoms with Crippen LogP contribution in [0.2, 0.25) is 0 Å². The number of Topliss-reactive ketones (excluding diaryl/α,β-unsaturated/α-hetero) is 1. The zero-order valence-corrected chi connectivity index (χ0v) is 9.11. The third kappa shape index (κ3) is 34.0. The molecule has 2 heteroatoms. The summed E-state index contributed by atoms with van der Waals surface area (Å²) in [6, 6.07) is 0. The smallest absolute Gasteiger partial charge is 0.130 e. The van der Waals surface area contributed by atoms with Crippen molar-refractivity contribution >= 4 is 5.78 Å². The van der Waals surface area contributed by atoms with Crippen molar-refractivity contribution in [1.82, 2.24) is 0 Å². The van der Waals surface area contributed by atoms with Gasteiger partial charge in [0.2, 0.25) is 0 Å². The van der Waals surface area contributed by atoms with Crippen molar-refractivity contribution < 1.29 is 4.79 Å². The largest absolute Gasteiger partial charge is 0.330 e. The van der Waals surface area contributed by atoms with Gasteiger partial charge in [0.25, 0.3) is 0 Å². The van der Waals surface area contributed by atoms with Gasteiger partial charge in [0.1, 0.15) is 5.78 Å². The first kappa shape index (κ1) is 18.4. The molecular weight excluding hydrogens is 162 g/mol. The molecule has 0 aliphatic carbocycles. The summed E-state index contributed by atoms with van der Waals surface area (Å²) in [6.07, 6.45) is 1.78. The van der Waals surface area contributed by atoms with E-state index >= 15 is 0 Å². The van der Waals surface area contributed by atoms with Gasteiger partial charge in [0, 0.05) is 6.42 Å². The molecule has 0 amide bonds.